The zero-order valence-electron chi connectivity index (χ0n) is 51.8. The van der Waals surface area contributed by atoms with E-state index in [0.717, 1.165) is 38.5 Å². The first-order chi connectivity index (χ1) is 40.8. The first-order valence-corrected chi connectivity index (χ1v) is 32.6. The number of carbonyl (C=O) groups is 9. The van der Waals surface area contributed by atoms with E-state index in [-0.39, 0.29) is 92.7 Å². The molecule has 0 unspecified atom stereocenters. The Morgan fingerprint density at radius 2 is 0.774 bits per heavy atom. The molecule has 0 rings (SSSR count). The summed E-state index contributed by atoms with van der Waals surface area (Å²) in [7, 11) is 0. The van der Waals surface area contributed by atoms with Gasteiger partial charge in [-0.2, -0.15) is 11.8 Å². The van der Waals surface area contributed by atoms with Crippen LogP contribution in [0.1, 0.15) is 201 Å². The fourth-order valence-corrected chi connectivity index (χ4v) is 9.11. The number of ketones is 6. The van der Waals surface area contributed by atoms with E-state index in [1.165, 1.54) is 82.9 Å². The molecule has 0 aliphatic heterocycles. The summed E-state index contributed by atoms with van der Waals surface area (Å²) in [5.41, 5.74) is 0. The molecule has 3 N–H and O–H groups in total. The first-order valence-electron chi connectivity index (χ1n) is 31.4. The standard InChI is InChI=1S/C62H110N2O19S/c1-4-5-6-7-8-9-10-11-12-13-14-15-16-29-62(74)83-44-45-84-51-57(64-61(73)50-82-49-55(69)27-19-23-34-77-37-41-79-40-36-75-32-21-17-25-52(2)66)59(71)30-31-60(72)63-56(46-65)58(70)28-20-24-35-78-39-43-80-42-38-76-33-22-18-26-54(68)48-81-47-53(3)67/h56-57,65H,4-51H2,1-3H3,(H,63,72)(H,64,73)/t56-,57+/m1/s1. The second-order valence-electron chi connectivity index (χ2n) is 21.1. The number of amides is 2. The number of hydrogen-bond donors (Lipinski definition) is 3. The van der Waals surface area contributed by atoms with E-state index in [0.29, 0.717) is 136 Å². The number of hydrogen-bond acceptors (Lipinski definition) is 20. The van der Waals surface area contributed by atoms with Crippen molar-refractivity contribution in [3.63, 3.8) is 0 Å². The molecule has 0 spiro atoms. The Morgan fingerprint density at radius 1 is 0.369 bits per heavy atom. The quantitative estimate of drug-likeness (QED) is 0.0387. The van der Waals surface area contributed by atoms with Crippen LogP contribution < -0.4 is 10.6 Å². The predicted molar refractivity (Wildman–Crippen MR) is 322 cm³/mol. The van der Waals surface area contributed by atoms with Crippen molar-refractivity contribution in [3.8, 4) is 0 Å². The molecule has 2 atom stereocenters. The summed E-state index contributed by atoms with van der Waals surface area (Å²) in [5, 5.41) is 15.1. The van der Waals surface area contributed by atoms with Crippen molar-refractivity contribution in [3.05, 3.63) is 0 Å². The molecule has 0 aliphatic carbocycles. The van der Waals surface area contributed by atoms with Gasteiger partial charge in [0.2, 0.25) is 11.8 Å². The monoisotopic (exact) mass is 1220 g/mol. The second-order valence-corrected chi connectivity index (χ2v) is 22.3. The van der Waals surface area contributed by atoms with Crippen molar-refractivity contribution < 1.29 is 90.9 Å². The summed E-state index contributed by atoms with van der Waals surface area (Å²) in [6.45, 7) is 9.04. The fraction of sp³-hybridized carbons (Fsp3) is 0.855. The smallest absolute Gasteiger partial charge is 0.305 e. The van der Waals surface area contributed by atoms with Gasteiger partial charge in [-0.15, -0.1) is 0 Å². The Kier molecular flexibility index (Phi) is 58.5. The molecule has 2 amide bonds. The molecule has 0 aromatic heterocycles. The number of carbonyl (C=O) groups excluding carboxylic acids is 9. The molecule has 0 aliphatic rings. The van der Waals surface area contributed by atoms with Gasteiger partial charge in [-0.25, -0.2) is 0 Å². The van der Waals surface area contributed by atoms with Gasteiger partial charge in [-0.3, -0.25) is 38.4 Å². The summed E-state index contributed by atoms with van der Waals surface area (Å²) in [4.78, 5) is 111. The SMILES string of the molecule is CCCCCCCCCCCCCCCC(=O)OCCSC[C@H](NC(=O)COCC(=O)CCCCOCCOCCOCCCCC(C)=O)C(=O)CCC(=O)N[C@H](CO)C(=O)CCCCOCCOCCOCCCCC(=O)COCC(C)=O. The maximum Gasteiger partial charge on any atom is 0.305 e. The highest BCUT2D eigenvalue weighted by Gasteiger charge is 2.24. The lowest BCUT2D eigenvalue weighted by Crippen LogP contribution is -2.46. The number of thioether (sulfide) groups is 1. The third kappa shape index (κ3) is 57.5. The van der Waals surface area contributed by atoms with Gasteiger partial charge in [0.1, 0.15) is 44.9 Å². The molecular formula is C62H110N2O19S. The number of aliphatic hydroxyl groups excluding tert-OH is 1. The molecule has 21 nitrogen and oxygen atoms in total. The maximum atomic E-state index is 13.5. The third-order valence-corrected chi connectivity index (χ3v) is 14.1. The number of nitrogens with one attached hydrogen (secondary N) is 2. The van der Waals surface area contributed by atoms with E-state index in [4.69, 9.17) is 42.6 Å². The lowest BCUT2D eigenvalue weighted by molar-refractivity contribution is -0.143. The van der Waals surface area contributed by atoms with Crippen LogP contribution in [0.5, 0.6) is 0 Å². The zero-order chi connectivity index (χ0) is 61.8. The summed E-state index contributed by atoms with van der Waals surface area (Å²) >= 11 is 1.30. The highest BCUT2D eigenvalue weighted by Crippen LogP contribution is 2.14. The third-order valence-electron chi connectivity index (χ3n) is 13.1. The van der Waals surface area contributed by atoms with Crippen LogP contribution in [-0.4, -0.2) is 200 Å². The Balaban J connectivity index is 4.67. The fourth-order valence-electron chi connectivity index (χ4n) is 8.23. The van der Waals surface area contributed by atoms with Crippen molar-refractivity contribution in [2.24, 2.45) is 0 Å². The van der Waals surface area contributed by atoms with Crippen LogP contribution in [0.25, 0.3) is 0 Å². The van der Waals surface area contributed by atoms with Crippen molar-refractivity contribution in [2.75, 3.05) is 130 Å². The van der Waals surface area contributed by atoms with E-state index >= 15 is 0 Å². The maximum absolute atomic E-state index is 13.5. The van der Waals surface area contributed by atoms with Crippen molar-refractivity contribution in [2.45, 2.75) is 213 Å². The molecule has 84 heavy (non-hydrogen) atoms. The minimum Gasteiger partial charge on any atom is -0.465 e. The number of aliphatic hydroxyl groups is 1. The zero-order valence-corrected chi connectivity index (χ0v) is 52.6. The van der Waals surface area contributed by atoms with Gasteiger partial charge >= 0.3 is 5.97 Å². The van der Waals surface area contributed by atoms with Crippen LogP contribution in [0.2, 0.25) is 0 Å². The van der Waals surface area contributed by atoms with Crippen LogP contribution in [-0.2, 0) is 85.8 Å². The van der Waals surface area contributed by atoms with Gasteiger partial charge in [-0.05, 0) is 71.6 Å². The minimum absolute atomic E-state index is 0.0474. The lowest BCUT2D eigenvalue weighted by Gasteiger charge is -2.18. The highest BCUT2D eigenvalue weighted by molar-refractivity contribution is 7.99. The van der Waals surface area contributed by atoms with Gasteiger partial charge in [0, 0.05) is 82.9 Å². The van der Waals surface area contributed by atoms with Crippen LogP contribution in [0.3, 0.4) is 0 Å². The number of rotatable bonds is 67. The molecule has 0 aromatic rings. The largest absolute Gasteiger partial charge is 0.465 e. The Hall–Kier alpha value is -3.58. The molecule has 22 heteroatoms. The number of ether oxygens (including phenoxy) is 9. The Bertz CT molecular complexity index is 1710. The second kappa shape index (κ2) is 61.1. The molecule has 0 heterocycles. The summed E-state index contributed by atoms with van der Waals surface area (Å²) in [6, 6.07) is -2.18. The molecule has 0 aromatic carbocycles. The molecule has 0 saturated heterocycles. The van der Waals surface area contributed by atoms with Crippen LogP contribution in [0.15, 0.2) is 0 Å². The Morgan fingerprint density at radius 3 is 1.24 bits per heavy atom. The number of Topliss-reactive ketones (excluding diaryl/α,β-unsaturated/α-hetero) is 6. The van der Waals surface area contributed by atoms with Crippen LogP contribution in [0.4, 0.5) is 0 Å². The average molecular weight is 1220 g/mol. The summed E-state index contributed by atoms with van der Waals surface area (Å²) in [5.74, 6) is -2.03. The van der Waals surface area contributed by atoms with Gasteiger partial charge in [-0.1, -0.05) is 84.0 Å². The summed E-state index contributed by atoms with van der Waals surface area (Å²) < 4.78 is 49.0. The van der Waals surface area contributed by atoms with Crippen molar-refractivity contribution in [1.29, 1.82) is 0 Å². The van der Waals surface area contributed by atoms with E-state index in [1.807, 2.05) is 0 Å². The topological polar surface area (TPSA) is 281 Å². The molecule has 0 bridgehead atoms. The predicted octanol–water partition coefficient (Wildman–Crippen LogP) is 7.75. The highest BCUT2D eigenvalue weighted by atomic mass is 32.2. The molecule has 0 saturated carbocycles. The van der Waals surface area contributed by atoms with Gasteiger partial charge in [0.15, 0.2) is 28.9 Å². The van der Waals surface area contributed by atoms with Gasteiger partial charge in [0.25, 0.3) is 0 Å². The van der Waals surface area contributed by atoms with Crippen LogP contribution >= 0.6 is 11.8 Å². The van der Waals surface area contributed by atoms with E-state index in [1.54, 1.807) is 6.92 Å². The molecule has 0 radical (unpaired) electrons. The lowest BCUT2D eigenvalue weighted by atomic mass is 10.0. The summed E-state index contributed by atoms with van der Waals surface area (Å²) in [6.07, 6.45) is 22.1. The average Bonchev–Trinajstić information content (AvgIpc) is 3.47. The number of esters is 1. The van der Waals surface area contributed by atoms with E-state index in [9.17, 15) is 48.3 Å². The normalized spacial score (nSPS) is 12.0. The Labute approximate surface area is 506 Å². The minimum atomic E-state index is -1.15. The van der Waals surface area contributed by atoms with E-state index < -0.39 is 42.9 Å². The molecule has 488 valence electrons. The van der Waals surface area contributed by atoms with E-state index in [2.05, 4.69) is 17.6 Å². The first kappa shape index (κ1) is 80.4. The van der Waals surface area contributed by atoms with Gasteiger partial charge < -0.3 is 63.2 Å². The van der Waals surface area contributed by atoms with Gasteiger partial charge in [0.05, 0.1) is 65.5 Å². The van der Waals surface area contributed by atoms with Crippen molar-refractivity contribution >= 4 is 64.2 Å². The molecular weight excluding hydrogens is 1110 g/mol. The number of unbranched alkanes of at least 4 members (excludes halogenated alkanes) is 16. The van der Waals surface area contributed by atoms with Crippen LogP contribution in [0, 0.1) is 0 Å². The van der Waals surface area contributed by atoms with Crippen molar-refractivity contribution in [1.82, 2.24) is 10.6 Å². The molecule has 0 fully saturated rings.